The Morgan fingerprint density at radius 2 is 2.04 bits per heavy atom. The molecule has 124 valence electrons. The third-order valence-corrected chi connectivity index (χ3v) is 3.69. The van der Waals surface area contributed by atoms with Gasteiger partial charge in [0.1, 0.15) is 11.3 Å². The van der Waals surface area contributed by atoms with Crippen LogP contribution in [0.2, 0.25) is 0 Å². The van der Waals surface area contributed by atoms with Gasteiger partial charge in [-0.1, -0.05) is 12.1 Å². The highest BCUT2D eigenvalue weighted by Gasteiger charge is 2.20. The molecule has 3 aromatic rings. The number of ether oxygens (including phenoxy) is 1. The number of methoxy groups -OCH3 is 1. The number of aromatic nitrogens is 4. The molecule has 1 amide bonds. The molecule has 2 heterocycles. The molecular weight excluding hydrogens is 310 g/mol. The third-order valence-electron chi connectivity index (χ3n) is 3.69. The molecule has 8 heteroatoms. The number of rotatable bonds is 2. The summed E-state index contributed by atoms with van der Waals surface area (Å²) in [5, 5.41) is 0. The number of benzene rings is 1. The lowest BCUT2D eigenvalue weighted by molar-refractivity contribution is 0.219. The van der Waals surface area contributed by atoms with Crippen LogP contribution in [0.4, 0.5) is 4.79 Å². The molecule has 0 fully saturated rings. The van der Waals surface area contributed by atoms with E-state index in [0.717, 1.165) is 10.1 Å². The highest BCUT2D eigenvalue weighted by atomic mass is 16.5. The summed E-state index contributed by atoms with van der Waals surface area (Å²) in [7, 11) is 6.32. The number of carbonyl (C=O) groups is 1. The van der Waals surface area contributed by atoms with Crippen molar-refractivity contribution in [1.82, 2.24) is 24.0 Å². The Morgan fingerprint density at radius 1 is 1.29 bits per heavy atom. The van der Waals surface area contributed by atoms with Crippen LogP contribution in [0.15, 0.2) is 35.3 Å². The van der Waals surface area contributed by atoms with Crippen LogP contribution < -0.4 is 10.4 Å². The molecule has 0 aliphatic rings. The smallest absolute Gasteiger partial charge is 0.338 e. The topological polar surface area (TPSA) is 82.2 Å². The van der Waals surface area contributed by atoms with Gasteiger partial charge in [0.2, 0.25) is 0 Å². The van der Waals surface area contributed by atoms with E-state index in [9.17, 15) is 9.59 Å². The van der Waals surface area contributed by atoms with E-state index in [4.69, 9.17) is 4.74 Å². The summed E-state index contributed by atoms with van der Waals surface area (Å²) in [6, 6.07) is 6.87. The second-order valence-corrected chi connectivity index (χ2v) is 5.49. The molecule has 8 nitrogen and oxygen atoms in total. The van der Waals surface area contributed by atoms with Gasteiger partial charge in [0.25, 0.3) is 0 Å². The fourth-order valence-corrected chi connectivity index (χ4v) is 2.40. The van der Waals surface area contributed by atoms with Gasteiger partial charge >= 0.3 is 11.7 Å². The number of amides is 1. The zero-order valence-electron chi connectivity index (χ0n) is 13.8. The molecule has 1 aromatic carbocycles. The van der Waals surface area contributed by atoms with E-state index in [-0.39, 0.29) is 0 Å². The van der Waals surface area contributed by atoms with E-state index in [1.807, 2.05) is 18.2 Å². The number of hydrogen-bond acceptors (Lipinski definition) is 5. The highest BCUT2D eigenvalue weighted by Crippen LogP contribution is 2.22. The molecule has 0 aliphatic carbocycles. The second-order valence-electron chi connectivity index (χ2n) is 5.49. The zero-order valence-corrected chi connectivity index (χ0v) is 13.8. The van der Waals surface area contributed by atoms with Crippen molar-refractivity contribution in [2.75, 3.05) is 21.2 Å². The van der Waals surface area contributed by atoms with E-state index >= 15 is 0 Å². The summed E-state index contributed by atoms with van der Waals surface area (Å²) >= 11 is 0. The van der Waals surface area contributed by atoms with Crippen molar-refractivity contribution < 1.29 is 9.53 Å². The first kappa shape index (κ1) is 15.7. The SMILES string of the molecule is COc1cccc(-c2ncc3c(n2)n(C)c(=O)n3C(=O)N(C)C)c1. The van der Waals surface area contributed by atoms with E-state index in [1.54, 1.807) is 34.3 Å². The summed E-state index contributed by atoms with van der Waals surface area (Å²) in [5.41, 5.74) is 1.06. The van der Waals surface area contributed by atoms with Crippen molar-refractivity contribution in [3.05, 3.63) is 40.9 Å². The van der Waals surface area contributed by atoms with Crippen LogP contribution in [-0.4, -0.2) is 51.2 Å². The van der Waals surface area contributed by atoms with E-state index in [1.165, 1.54) is 15.7 Å². The average molecular weight is 327 g/mol. The van der Waals surface area contributed by atoms with Crippen molar-refractivity contribution in [2.45, 2.75) is 0 Å². The number of fused-ring (bicyclic) bond motifs is 1. The van der Waals surface area contributed by atoms with Gasteiger partial charge in [0.05, 0.1) is 13.3 Å². The maximum atomic E-state index is 12.4. The average Bonchev–Trinajstić information content (AvgIpc) is 2.85. The summed E-state index contributed by atoms with van der Waals surface area (Å²) in [6.07, 6.45) is 1.49. The highest BCUT2D eigenvalue weighted by molar-refractivity contribution is 5.87. The molecule has 0 atom stereocenters. The van der Waals surface area contributed by atoms with Gasteiger partial charge < -0.3 is 9.64 Å². The van der Waals surface area contributed by atoms with Crippen LogP contribution in [0.1, 0.15) is 0 Å². The van der Waals surface area contributed by atoms with Gasteiger partial charge in [-0.2, -0.15) is 0 Å². The Labute approximate surface area is 137 Å². The predicted octanol–water partition coefficient (Wildman–Crippen LogP) is 1.34. The van der Waals surface area contributed by atoms with E-state index in [2.05, 4.69) is 9.97 Å². The molecule has 0 unspecified atom stereocenters. The minimum absolute atomic E-state index is 0.368. The van der Waals surface area contributed by atoms with Gasteiger partial charge in [0, 0.05) is 26.7 Å². The zero-order chi connectivity index (χ0) is 17.4. The molecule has 0 bridgehead atoms. The maximum absolute atomic E-state index is 12.4. The van der Waals surface area contributed by atoms with Crippen LogP contribution in [0, 0.1) is 0 Å². The summed E-state index contributed by atoms with van der Waals surface area (Å²) in [6.45, 7) is 0. The third kappa shape index (κ3) is 2.41. The molecule has 0 N–H and O–H groups in total. The molecule has 2 aromatic heterocycles. The fraction of sp³-hybridized carbons (Fsp3) is 0.250. The largest absolute Gasteiger partial charge is 0.497 e. The molecule has 0 saturated carbocycles. The molecule has 0 aliphatic heterocycles. The second kappa shape index (κ2) is 5.80. The Kier molecular flexibility index (Phi) is 3.80. The minimum Gasteiger partial charge on any atom is -0.497 e. The number of hydrogen-bond donors (Lipinski definition) is 0. The molecule has 24 heavy (non-hydrogen) atoms. The molecular formula is C16H17N5O3. The lowest BCUT2D eigenvalue weighted by Gasteiger charge is -2.10. The standard InChI is InChI=1S/C16H17N5O3/c1-19(2)15(22)21-12-9-17-13(18-14(12)20(3)16(21)23)10-6-5-7-11(8-10)24-4/h5-9H,1-4H3. The lowest BCUT2D eigenvalue weighted by atomic mass is 10.2. The van der Waals surface area contributed by atoms with Gasteiger partial charge in [-0.15, -0.1) is 0 Å². The van der Waals surface area contributed by atoms with Gasteiger partial charge in [-0.05, 0) is 12.1 Å². The predicted molar refractivity (Wildman–Crippen MR) is 89.2 cm³/mol. The molecule has 3 rings (SSSR count). The van der Waals surface area contributed by atoms with Crippen LogP contribution >= 0.6 is 0 Å². The Bertz CT molecular complexity index is 987. The Balaban J connectivity index is 2.21. The monoisotopic (exact) mass is 327 g/mol. The van der Waals surface area contributed by atoms with Gasteiger partial charge in [0.15, 0.2) is 11.5 Å². The number of nitrogens with zero attached hydrogens (tertiary/aromatic N) is 5. The van der Waals surface area contributed by atoms with Crippen LogP contribution in [0.5, 0.6) is 5.75 Å². The number of carbonyl (C=O) groups excluding carboxylic acids is 1. The summed E-state index contributed by atoms with van der Waals surface area (Å²) < 4.78 is 7.60. The summed E-state index contributed by atoms with van der Waals surface area (Å²) in [5.74, 6) is 1.14. The first-order valence-corrected chi connectivity index (χ1v) is 7.24. The van der Waals surface area contributed by atoms with Gasteiger partial charge in [-0.25, -0.2) is 24.1 Å². The fourth-order valence-electron chi connectivity index (χ4n) is 2.40. The summed E-state index contributed by atoms with van der Waals surface area (Å²) in [4.78, 5) is 34.7. The number of aryl methyl sites for hydroxylation is 1. The van der Waals surface area contributed by atoms with Crippen molar-refractivity contribution in [3.63, 3.8) is 0 Å². The molecule has 0 spiro atoms. The van der Waals surface area contributed by atoms with Crippen molar-refractivity contribution in [3.8, 4) is 17.1 Å². The molecule has 0 radical (unpaired) electrons. The van der Waals surface area contributed by atoms with Crippen LogP contribution in [0.3, 0.4) is 0 Å². The molecule has 0 saturated heterocycles. The minimum atomic E-state index is -0.458. The normalized spacial score (nSPS) is 10.8. The van der Waals surface area contributed by atoms with E-state index in [0.29, 0.717) is 22.7 Å². The quantitative estimate of drug-likeness (QED) is 0.709. The van der Waals surface area contributed by atoms with Crippen LogP contribution in [0.25, 0.3) is 22.6 Å². The maximum Gasteiger partial charge on any atom is 0.338 e. The van der Waals surface area contributed by atoms with Crippen molar-refractivity contribution in [1.29, 1.82) is 0 Å². The van der Waals surface area contributed by atoms with Crippen molar-refractivity contribution in [2.24, 2.45) is 7.05 Å². The van der Waals surface area contributed by atoms with Gasteiger partial charge in [-0.3, -0.25) is 4.57 Å². The number of imidazole rings is 1. The first-order valence-electron chi connectivity index (χ1n) is 7.24. The Hall–Kier alpha value is -3.16. The Morgan fingerprint density at radius 3 is 2.71 bits per heavy atom. The van der Waals surface area contributed by atoms with E-state index < -0.39 is 11.7 Å². The van der Waals surface area contributed by atoms with Crippen molar-refractivity contribution >= 4 is 17.2 Å². The first-order chi connectivity index (χ1) is 11.4. The van der Waals surface area contributed by atoms with Crippen LogP contribution in [-0.2, 0) is 7.05 Å². The lowest BCUT2D eigenvalue weighted by Crippen LogP contribution is -2.35.